The van der Waals surface area contributed by atoms with Crippen molar-refractivity contribution in [1.82, 2.24) is 15.1 Å². The molecule has 1 aliphatic rings. The van der Waals surface area contributed by atoms with Gasteiger partial charge in [-0.3, -0.25) is 4.90 Å². The van der Waals surface area contributed by atoms with Gasteiger partial charge in [0, 0.05) is 25.2 Å². The Labute approximate surface area is 114 Å². The first-order valence-electron chi connectivity index (χ1n) is 7.65. The zero-order valence-corrected chi connectivity index (χ0v) is 13.1. The van der Waals surface area contributed by atoms with Crippen LogP contribution in [0.4, 0.5) is 0 Å². The summed E-state index contributed by atoms with van der Waals surface area (Å²) in [6.45, 7) is 11.7. The maximum absolute atomic E-state index is 3.63. The molecule has 0 aromatic rings. The van der Waals surface area contributed by atoms with Crippen molar-refractivity contribution in [3.05, 3.63) is 0 Å². The molecule has 3 nitrogen and oxygen atoms in total. The number of likely N-dealkylation sites (N-methyl/N-ethyl adjacent to an activating group) is 1. The Morgan fingerprint density at radius 2 is 2.00 bits per heavy atom. The summed E-state index contributed by atoms with van der Waals surface area (Å²) in [6.07, 6.45) is 4.01. The fourth-order valence-corrected chi connectivity index (χ4v) is 2.99. The Kier molecular flexibility index (Phi) is 7.20. The average Bonchev–Trinajstić information content (AvgIpc) is 2.71. The first-order valence-corrected chi connectivity index (χ1v) is 7.65. The van der Waals surface area contributed by atoms with Crippen LogP contribution in [0.5, 0.6) is 0 Å². The third-order valence-corrected chi connectivity index (χ3v) is 3.87. The molecule has 1 aliphatic heterocycles. The molecule has 0 amide bonds. The number of hydrogen-bond acceptors (Lipinski definition) is 3. The molecule has 1 heterocycles. The van der Waals surface area contributed by atoms with Crippen LogP contribution >= 0.6 is 0 Å². The fraction of sp³-hybridized carbons (Fsp3) is 1.00. The van der Waals surface area contributed by atoms with Gasteiger partial charge in [0.1, 0.15) is 0 Å². The lowest BCUT2D eigenvalue weighted by atomic mass is 10.1. The van der Waals surface area contributed by atoms with Crippen LogP contribution in [0.3, 0.4) is 0 Å². The molecule has 0 bridgehead atoms. The highest BCUT2D eigenvalue weighted by atomic mass is 15.2. The van der Waals surface area contributed by atoms with Crippen molar-refractivity contribution in [1.29, 1.82) is 0 Å². The summed E-state index contributed by atoms with van der Waals surface area (Å²) in [7, 11) is 4.38. The predicted octanol–water partition coefficient (Wildman–Crippen LogP) is 2.04. The van der Waals surface area contributed by atoms with E-state index in [4.69, 9.17) is 0 Å². The molecule has 2 unspecified atom stereocenters. The van der Waals surface area contributed by atoms with E-state index >= 15 is 0 Å². The van der Waals surface area contributed by atoms with Gasteiger partial charge < -0.3 is 10.2 Å². The number of nitrogens with zero attached hydrogens (tertiary/aromatic N) is 2. The molecule has 0 aromatic heterocycles. The molecule has 0 aliphatic carbocycles. The standard InChI is InChI=1S/C15H33N3/c1-6-14(11-16-10-13(2)3)18-9-7-8-15(18)12-17(4)5/h13-16H,6-12H2,1-5H3. The van der Waals surface area contributed by atoms with E-state index in [9.17, 15) is 0 Å². The third kappa shape index (κ3) is 5.25. The highest BCUT2D eigenvalue weighted by Crippen LogP contribution is 2.21. The molecule has 1 saturated heterocycles. The molecular weight excluding hydrogens is 222 g/mol. The van der Waals surface area contributed by atoms with Crippen LogP contribution in [0.1, 0.15) is 40.0 Å². The summed E-state index contributed by atoms with van der Waals surface area (Å²) < 4.78 is 0. The predicted molar refractivity (Wildman–Crippen MR) is 80.1 cm³/mol. The summed E-state index contributed by atoms with van der Waals surface area (Å²) in [6, 6.07) is 1.49. The molecule has 3 heteroatoms. The lowest BCUT2D eigenvalue weighted by Crippen LogP contribution is -2.48. The maximum atomic E-state index is 3.63. The van der Waals surface area contributed by atoms with Gasteiger partial charge in [-0.05, 0) is 52.4 Å². The first kappa shape index (κ1) is 15.9. The Balaban J connectivity index is 2.41. The van der Waals surface area contributed by atoms with Crippen molar-refractivity contribution in [3.63, 3.8) is 0 Å². The van der Waals surface area contributed by atoms with Crippen molar-refractivity contribution in [2.45, 2.75) is 52.1 Å². The molecule has 0 radical (unpaired) electrons. The topological polar surface area (TPSA) is 18.5 Å². The number of hydrogen-bond donors (Lipinski definition) is 1. The smallest absolute Gasteiger partial charge is 0.0226 e. The van der Waals surface area contributed by atoms with E-state index in [0.717, 1.165) is 31.1 Å². The Bertz CT molecular complexity index is 216. The highest BCUT2D eigenvalue weighted by Gasteiger charge is 2.29. The normalized spacial score (nSPS) is 23.2. The van der Waals surface area contributed by atoms with E-state index in [1.807, 2.05) is 0 Å². The summed E-state index contributed by atoms with van der Waals surface area (Å²) in [5.74, 6) is 0.749. The first-order chi connectivity index (χ1) is 8.54. The van der Waals surface area contributed by atoms with Crippen molar-refractivity contribution >= 4 is 0 Å². The van der Waals surface area contributed by atoms with Crippen LogP contribution in [-0.2, 0) is 0 Å². The van der Waals surface area contributed by atoms with Gasteiger partial charge in [0.05, 0.1) is 0 Å². The monoisotopic (exact) mass is 255 g/mol. The van der Waals surface area contributed by atoms with E-state index in [-0.39, 0.29) is 0 Å². The zero-order chi connectivity index (χ0) is 13.5. The van der Waals surface area contributed by atoms with E-state index in [1.54, 1.807) is 0 Å². The number of nitrogens with one attached hydrogen (secondary N) is 1. The van der Waals surface area contributed by atoms with Gasteiger partial charge in [-0.1, -0.05) is 20.8 Å². The minimum absolute atomic E-state index is 0.719. The number of likely N-dealkylation sites (tertiary alicyclic amines) is 1. The summed E-state index contributed by atoms with van der Waals surface area (Å²) in [5.41, 5.74) is 0. The van der Waals surface area contributed by atoms with Crippen LogP contribution in [0.2, 0.25) is 0 Å². The van der Waals surface area contributed by atoms with Crippen LogP contribution in [0, 0.1) is 5.92 Å². The quantitative estimate of drug-likeness (QED) is 0.716. The summed E-state index contributed by atoms with van der Waals surface area (Å²) in [4.78, 5) is 5.07. The fourth-order valence-electron chi connectivity index (χ4n) is 2.99. The van der Waals surface area contributed by atoms with Crippen molar-refractivity contribution in [3.8, 4) is 0 Å². The second kappa shape index (κ2) is 8.13. The Morgan fingerprint density at radius 3 is 2.56 bits per heavy atom. The molecule has 1 fully saturated rings. The minimum atomic E-state index is 0.719. The molecule has 108 valence electrons. The molecule has 1 rings (SSSR count). The van der Waals surface area contributed by atoms with Crippen molar-refractivity contribution in [2.24, 2.45) is 5.92 Å². The van der Waals surface area contributed by atoms with Gasteiger partial charge in [-0.15, -0.1) is 0 Å². The lowest BCUT2D eigenvalue weighted by Gasteiger charge is -2.34. The molecule has 18 heavy (non-hydrogen) atoms. The van der Waals surface area contributed by atoms with Gasteiger partial charge in [-0.25, -0.2) is 0 Å². The molecule has 1 N–H and O–H groups in total. The minimum Gasteiger partial charge on any atom is -0.315 e. The van der Waals surface area contributed by atoms with Crippen molar-refractivity contribution in [2.75, 3.05) is 40.3 Å². The van der Waals surface area contributed by atoms with Crippen LogP contribution < -0.4 is 5.32 Å². The molecule has 0 saturated carbocycles. The lowest BCUT2D eigenvalue weighted by molar-refractivity contribution is 0.145. The molecule has 2 atom stereocenters. The van der Waals surface area contributed by atoms with Crippen molar-refractivity contribution < 1.29 is 0 Å². The number of rotatable bonds is 8. The van der Waals surface area contributed by atoms with Gasteiger partial charge in [0.25, 0.3) is 0 Å². The van der Waals surface area contributed by atoms with E-state index in [2.05, 4.69) is 50.0 Å². The van der Waals surface area contributed by atoms with E-state index in [1.165, 1.54) is 32.4 Å². The summed E-state index contributed by atoms with van der Waals surface area (Å²) >= 11 is 0. The van der Waals surface area contributed by atoms with Crippen LogP contribution in [0.15, 0.2) is 0 Å². The molecular formula is C15H33N3. The second-order valence-electron chi connectivity index (χ2n) is 6.41. The average molecular weight is 255 g/mol. The highest BCUT2D eigenvalue weighted by molar-refractivity contribution is 4.86. The molecule has 0 spiro atoms. The third-order valence-electron chi connectivity index (χ3n) is 3.87. The SMILES string of the molecule is CCC(CNCC(C)C)N1CCCC1CN(C)C. The van der Waals surface area contributed by atoms with Gasteiger partial charge in [-0.2, -0.15) is 0 Å². The largest absolute Gasteiger partial charge is 0.315 e. The van der Waals surface area contributed by atoms with E-state index in [0.29, 0.717) is 0 Å². The van der Waals surface area contributed by atoms with E-state index < -0.39 is 0 Å². The van der Waals surface area contributed by atoms with Gasteiger partial charge >= 0.3 is 0 Å². The molecule has 0 aromatic carbocycles. The van der Waals surface area contributed by atoms with Gasteiger partial charge in [0.2, 0.25) is 0 Å². The van der Waals surface area contributed by atoms with Crippen LogP contribution in [0.25, 0.3) is 0 Å². The second-order valence-corrected chi connectivity index (χ2v) is 6.41. The van der Waals surface area contributed by atoms with Gasteiger partial charge in [0.15, 0.2) is 0 Å². The Morgan fingerprint density at radius 1 is 1.28 bits per heavy atom. The zero-order valence-electron chi connectivity index (χ0n) is 13.1. The van der Waals surface area contributed by atoms with Crippen LogP contribution in [-0.4, -0.2) is 62.2 Å². The Hall–Kier alpha value is -0.120. The summed E-state index contributed by atoms with van der Waals surface area (Å²) in [5, 5.41) is 3.63. The maximum Gasteiger partial charge on any atom is 0.0226 e.